The molecule has 2 aromatic heterocycles. The first-order chi connectivity index (χ1) is 13.2. The molecule has 0 radical (unpaired) electrons. The van der Waals surface area contributed by atoms with Crippen LogP contribution in [0.4, 0.5) is 11.8 Å². The van der Waals surface area contributed by atoms with Gasteiger partial charge in [-0.2, -0.15) is 4.98 Å². The van der Waals surface area contributed by atoms with Crippen LogP contribution in [-0.2, 0) is 0 Å². The number of β-amino-alcohol motifs (C(OH)–C–C–N with tert-alkyl or cyclic N) is 1. The number of carbonyl (C=O) groups excluding carboxylic acids is 1. The Morgan fingerprint density at radius 3 is 2.81 bits per heavy atom. The van der Waals surface area contributed by atoms with Crippen LogP contribution in [0.1, 0.15) is 29.8 Å². The van der Waals surface area contributed by atoms with Gasteiger partial charge in [-0.25, -0.2) is 4.98 Å². The minimum absolute atomic E-state index is 0.0705. The van der Waals surface area contributed by atoms with Gasteiger partial charge in [0.1, 0.15) is 5.82 Å². The van der Waals surface area contributed by atoms with Crippen molar-refractivity contribution in [1.82, 2.24) is 14.9 Å². The molecule has 2 aliphatic rings. The van der Waals surface area contributed by atoms with Gasteiger partial charge >= 0.3 is 0 Å². The topological polar surface area (TPSA) is 85.9 Å². The van der Waals surface area contributed by atoms with E-state index in [-0.39, 0.29) is 12.0 Å². The Morgan fingerprint density at radius 2 is 2.00 bits per heavy atom. The number of anilines is 2. The number of aromatic nitrogens is 2. The predicted molar refractivity (Wildman–Crippen MR) is 101 cm³/mol. The molecule has 1 unspecified atom stereocenters. The zero-order valence-electron chi connectivity index (χ0n) is 15.3. The number of aliphatic hydroxyl groups excluding tert-OH is 1. The SMILES string of the molecule is O=C(c1ccco1)N1CCCN(c2nccc(N3CCCC(O)C3)n2)CC1. The molecule has 0 bridgehead atoms. The number of rotatable bonds is 3. The molecule has 0 aromatic carbocycles. The molecule has 2 aromatic rings. The molecule has 2 saturated heterocycles. The quantitative estimate of drug-likeness (QED) is 0.872. The summed E-state index contributed by atoms with van der Waals surface area (Å²) in [4.78, 5) is 27.7. The molecule has 8 heteroatoms. The van der Waals surface area contributed by atoms with Crippen molar-refractivity contribution >= 4 is 17.7 Å². The molecule has 144 valence electrons. The molecule has 0 spiro atoms. The Kier molecular flexibility index (Phi) is 5.24. The van der Waals surface area contributed by atoms with Crippen LogP contribution in [0.25, 0.3) is 0 Å². The first-order valence-electron chi connectivity index (χ1n) is 9.54. The molecule has 27 heavy (non-hydrogen) atoms. The number of amides is 1. The van der Waals surface area contributed by atoms with Crippen molar-refractivity contribution in [2.24, 2.45) is 0 Å². The molecule has 0 aliphatic carbocycles. The smallest absolute Gasteiger partial charge is 0.289 e. The second-order valence-electron chi connectivity index (χ2n) is 7.07. The van der Waals surface area contributed by atoms with Gasteiger partial charge in [0.15, 0.2) is 5.76 Å². The Balaban J connectivity index is 1.43. The lowest BCUT2D eigenvalue weighted by atomic mass is 10.1. The molecule has 4 heterocycles. The number of furan rings is 1. The van der Waals surface area contributed by atoms with Gasteiger partial charge in [0.05, 0.1) is 12.4 Å². The number of hydrogen-bond acceptors (Lipinski definition) is 7. The van der Waals surface area contributed by atoms with E-state index in [9.17, 15) is 9.90 Å². The molecule has 8 nitrogen and oxygen atoms in total. The average molecular weight is 371 g/mol. The minimum Gasteiger partial charge on any atom is -0.459 e. The maximum absolute atomic E-state index is 12.5. The molecule has 0 saturated carbocycles. The maximum Gasteiger partial charge on any atom is 0.289 e. The fourth-order valence-electron chi connectivity index (χ4n) is 3.71. The monoisotopic (exact) mass is 371 g/mol. The number of carbonyl (C=O) groups is 1. The molecule has 1 atom stereocenters. The van der Waals surface area contributed by atoms with Crippen molar-refractivity contribution in [3.8, 4) is 0 Å². The first kappa shape index (κ1) is 17.8. The second-order valence-corrected chi connectivity index (χ2v) is 7.07. The van der Waals surface area contributed by atoms with Gasteiger partial charge in [-0.3, -0.25) is 4.79 Å². The lowest BCUT2D eigenvalue weighted by Crippen LogP contribution is -2.39. The lowest BCUT2D eigenvalue weighted by Gasteiger charge is -2.31. The van der Waals surface area contributed by atoms with E-state index in [1.54, 1.807) is 18.3 Å². The highest BCUT2D eigenvalue weighted by Crippen LogP contribution is 2.21. The van der Waals surface area contributed by atoms with E-state index >= 15 is 0 Å². The van der Waals surface area contributed by atoms with E-state index in [4.69, 9.17) is 9.40 Å². The Labute approximate surface area is 158 Å². The van der Waals surface area contributed by atoms with E-state index in [0.29, 0.717) is 37.9 Å². The largest absolute Gasteiger partial charge is 0.459 e. The van der Waals surface area contributed by atoms with Crippen molar-refractivity contribution < 1.29 is 14.3 Å². The highest BCUT2D eigenvalue weighted by atomic mass is 16.3. The first-order valence-corrected chi connectivity index (χ1v) is 9.54. The van der Waals surface area contributed by atoms with Gasteiger partial charge in [-0.1, -0.05) is 0 Å². The van der Waals surface area contributed by atoms with Gasteiger partial charge in [0.2, 0.25) is 5.95 Å². The van der Waals surface area contributed by atoms with Gasteiger partial charge in [0, 0.05) is 45.5 Å². The highest BCUT2D eigenvalue weighted by molar-refractivity contribution is 5.91. The molecule has 2 aliphatic heterocycles. The molecule has 2 fully saturated rings. The van der Waals surface area contributed by atoms with Crippen molar-refractivity contribution in [3.63, 3.8) is 0 Å². The lowest BCUT2D eigenvalue weighted by molar-refractivity contribution is 0.0735. The van der Waals surface area contributed by atoms with Crippen molar-refractivity contribution in [2.45, 2.75) is 25.4 Å². The highest BCUT2D eigenvalue weighted by Gasteiger charge is 2.24. The zero-order chi connectivity index (χ0) is 18.6. The number of nitrogens with zero attached hydrogens (tertiary/aromatic N) is 5. The van der Waals surface area contributed by atoms with Gasteiger partial charge in [-0.05, 0) is 37.5 Å². The summed E-state index contributed by atoms with van der Waals surface area (Å²) in [6.45, 7) is 4.29. The van der Waals surface area contributed by atoms with Crippen LogP contribution < -0.4 is 9.80 Å². The van der Waals surface area contributed by atoms with Gasteiger partial charge in [-0.15, -0.1) is 0 Å². The van der Waals surface area contributed by atoms with Crippen LogP contribution in [0.2, 0.25) is 0 Å². The third-order valence-electron chi connectivity index (χ3n) is 5.15. The van der Waals surface area contributed by atoms with Crippen LogP contribution in [0.15, 0.2) is 35.1 Å². The normalized spacial score (nSPS) is 21.2. The summed E-state index contributed by atoms with van der Waals surface area (Å²) in [5, 5.41) is 9.92. The summed E-state index contributed by atoms with van der Waals surface area (Å²) >= 11 is 0. The summed E-state index contributed by atoms with van der Waals surface area (Å²) in [6.07, 6.45) is 5.66. The third-order valence-corrected chi connectivity index (χ3v) is 5.15. The van der Waals surface area contributed by atoms with Crippen LogP contribution in [0.3, 0.4) is 0 Å². The number of hydrogen-bond donors (Lipinski definition) is 1. The van der Waals surface area contributed by atoms with E-state index in [1.165, 1.54) is 6.26 Å². The standard InChI is InChI=1S/C19H25N5O3/c25-15-4-1-8-24(14-15)17-6-7-20-19(21-17)23-10-3-9-22(11-12-23)18(26)16-5-2-13-27-16/h2,5-7,13,15,25H,1,3-4,8-12,14H2. The van der Waals surface area contributed by atoms with Crippen LogP contribution in [-0.4, -0.2) is 71.3 Å². The zero-order valence-corrected chi connectivity index (χ0v) is 15.3. The van der Waals surface area contributed by atoms with E-state index in [2.05, 4.69) is 14.8 Å². The molecule has 1 N–H and O–H groups in total. The summed E-state index contributed by atoms with van der Waals surface area (Å²) in [5.41, 5.74) is 0. The van der Waals surface area contributed by atoms with Crippen LogP contribution >= 0.6 is 0 Å². The average Bonchev–Trinajstić information content (AvgIpc) is 3.12. The van der Waals surface area contributed by atoms with Crippen molar-refractivity contribution in [3.05, 3.63) is 36.4 Å². The molecule has 1 amide bonds. The summed E-state index contributed by atoms with van der Waals surface area (Å²) in [6, 6.07) is 5.32. The molecular formula is C19H25N5O3. The van der Waals surface area contributed by atoms with E-state index in [1.807, 2.05) is 11.0 Å². The number of piperidine rings is 1. The Hall–Kier alpha value is -2.61. The van der Waals surface area contributed by atoms with Crippen LogP contribution in [0.5, 0.6) is 0 Å². The fourth-order valence-corrected chi connectivity index (χ4v) is 3.71. The van der Waals surface area contributed by atoms with Crippen molar-refractivity contribution in [1.29, 1.82) is 0 Å². The molecule has 4 rings (SSSR count). The summed E-state index contributed by atoms with van der Waals surface area (Å²) in [7, 11) is 0. The predicted octanol–water partition coefficient (Wildman–Crippen LogP) is 1.38. The maximum atomic E-state index is 12.5. The Morgan fingerprint density at radius 1 is 1.11 bits per heavy atom. The fraction of sp³-hybridized carbons (Fsp3) is 0.526. The third kappa shape index (κ3) is 4.05. The Bertz CT molecular complexity index is 766. The van der Waals surface area contributed by atoms with Gasteiger partial charge < -0.3 is 24.2 Å². The van der Waals surface area contributed by atoms with E-state index < -0.39 is 0 Å². The minimum atomic E-state index is -0.295. The molecular weight excluding hydrogens is 346 g/mol. The van der Waals surface area contributed by atoms with E-state index in [0.717, 1.165) is 38.2 Å². The van der Waals surface area contributed by atoms with Crippen molar-refractivity contribution in [2.75, 3.05) is 49.1 Å². The van der Waals surface area contributed by atoms with Crippen LogP contribution in [0, 0.1) is 0 Å². The van der Waals surface area contributed by atoms with Gasteiger partial charge in [0.25, 0.3) is 5.91 Å². The summed E-state index contributed by atoms with van der Waals surface area (Å²) in [5.74, 6) is 1.84. The summed E-state index contributed by atoms with van der Waals surface area (Å²) < 4.78 is 5.24. The second kappa shape index (κ2) is 7.96. The number of aliphatic hydroxyl groups is 1.